The molecule has 1 fully saturated rings. The lowest BCUT2D eigenvalue weighted by Gasteiger charge is -2.23. The Morgan fingerprint density at radius 2 is 1.88 bits per heavy atom. The summed E-state index contributed by atoms with van der Waals surface area (Å²) in [5.74, 6) is -0.758. The topological polar surface area (TPSA) is 38.0 Å². The molecule has 17 heavy (non-hydrogen) atoms. The molecule has 3 N–H and O–H groups in total. The van der Waals surface area contributed by atoms with Gasteiger partial charge < -0.3 is 11.1 Å². The third-order valence-electron chi connectivity index (χ3n) is 2.76. The maximum Gasteiger partial charge on any atom is 0.411 e. The van der Waals surface area contributed by atoms with Gasteiger partial charge in [0.2, 0.25) is 0 Å². The zero-order valence-corrected chi connectivity index (χ0v) is 9.29. The van der Waals surface area contributed by atoms with Crippen molar-refractivity contribution in [2.75, 3.05) is 11.1 Å². The van der Waals surface area contributed by atoms with Gasteiger partial charge in [-0.3, -0.25) is 0 Å². The molecule has 0 unspecified atom stereocenters. The molecule has 0 aromatic heterocycles. The third kappa shape index (κ3) is 2.13. The van der Waals surface area contributed by atoms with E-state index in [4.69, 9.17) is 17.3 Å². The zero-order valence-electron chi connectivity index (χ0n) is 8.54. The normalized spacial score (nSPS) is 17.9. The van der Waals surface area contributed by atoms with Crippen LogP contribution in [-0.4, -0.2) is 11.7 Å². The van der Waals surface area contributed by atoms with Crippen LogP contribution in [0.15, 0.2) is 12.1 Å². The summed E-state index contributed by atoms with van der Waals surface area (Å²) >= 11 is 5.50. The summed E-state index contributed by atoms with van der Waals surface area (Å²) in [6, 6.07) is 1.97. The number of nitrogens with one attached hydrogen (secondary N) is 1. The average molecular weight is 269 g/mol. The Morgan fingerprint density at radius 1 is 1.29 bits per heavy atom. The zero-order chi connectivity index (χ0) is 12.8. The minimum atomic E-state index is -4.36. The van der Waals surface area contributed by atoms with Crippen LogP contribution >= 0.6 is 11.6 Å². The van der Waals surface area contributed by atoms with Gasteiger partial charge in [-0.25, -0.2) is 4.39 Å². The van der Waals surface area contributed by atoms with Gasteiger partial charge in [0.15, 0.2) is 0 Å². The summed E-state index contributed by atoms with van der Waals surface area (Å²) in [4.78, 5) is 0. The minimum absolute atomic E-state index is 0.00576. The molecule has 2 nitrogen and oxygen atoms in total. The van der Waals surface area contributed by atoms with Crippen molar-refractivity contribution in [1.82, 2.24) is 0 Å². The van der Waals surface area contributed by atoms with Gasteiger partial charge >= 0.3 is 6.18 Å². The highest BCUT2D eigenvalue weighted by Crippen LogP contribution is 2.51. The molecule has 2 rings (SSSR count). The largest absolute Gasteiger partial charge is 0.411 e. The van der Waals surface area contributed by atoms with Crippen LogP contribution in [0, 0.1) is 5.82 Å². The van der Waals surface area contributed by atoms with Crippen molar-refractivity contribution in [3.63, 3.8) is 0 Å². The van der Waals surface area contributed by atoms with Crippen LogP contribution in [0.3, 0.4) is 0 Å². The second-order valence-corrected chi connectivity index (χ2v) is 4.47. The predicted molar refractivity (Wildman–Crippen MR) is 57.5 cm³/mol. The summed E-state index contributed by atoms with van der Waals surface area (Å²) in [6.45, 7) is 0. The number of hydrogen-bond donors (Lipinski definition) is 2. The van der Waals surface area contributed by atoms with Crippen molar-refractivity contribution in [3.8, 4) is 0 Å². The molecular weight excluding hydrogens is 260 g/mol. The quantitative estimate of drug-likeness (QED) is 0.636. The maximum atomic E-state index is 13.0. The number of nitrogen functional groups attached to an aromatic ring is 1. The Kier molecular flexibility index (Phi) is 2.65. The Bertz CT molecular complexity index is 454. The predicted octanol–water partition coefficient (Wildman–Crippen LogP) is 3.57. The number of halogens is 5. The van der Waals surface area contributed by atoms with Crippen LogP contribution < -0.4 is 11.1 Å². The molecule has 1 saturated carbocycles. The van der Waals surface area contributed by atoms with Crippen molar-refractivity contribution in [3.05, 3.63) is 23.0 Å². The molecule has 94 valence electrons. The van der Waals surface area contributed by atoms with Crippen molar-refractivity contribution in [2.24, 2.45) is 0 Å². The smallest absolute Gasteiger partial charge is 0.397 e. The molecule has 0 radical (unpaired) electrons. The summed E-state index contributed by atoms with van der Waals surface area (Å²) in [5, 5.41) is 2.04. The van der Waals surface area contributed by atoms with Crippen LogP contribution in [-0.2, 0) is 0 Å². The first-order valence-corrected chi connectivity index (χ1v) is 5.22. The molecule has 0 bridgehead atoms. The number of nitrogens with two attached hydrogens (primary N) is 1. The van der Waals surface area contributed by atoms with Gasteiger partial charge in [-0.1, -0.05) is 11.6 Å². The fourth-order valence-corrected chi connectivity index (χ4v) is 1.70. The first-order chi connectivity index (χ1) is 7.75. The van der Waals surface area contributed by atoms with E-state index in [0.29, 0.717) is 0 Å². The fraction of sp³-hybridized carbons (Fsp3) is 0.400. The maximum absolute atomic E-state index is 13.0. The van der Waals surface area contributed by atoms with Crippen molar-refractivity contribution in [2.45, 2.75) is 24.6 Å². The molecule has 0 saturated heterocycles. The van der Waals surface area contributed by atoms with E-state index in [1.807, 2.05) is 0 Å². The summed E-state index contributed by atoms with van der Waals surface area (Å²) in [6.07, 6.45) is -4.41. The Morgan fingerprint density at radius 3 is 2.35 bits per heavy atom. The molecule has 0 amide bonds. The van der Waals surface area contributed by atoms with E-state index in [1.54, 1.807) is 0 Å². The average Bonchev–Trinajstić information content (AvgIpc) is 2.94. The molecule has 1 aromatic rings. The minimum Gasteiger partial charge on any atom is -0.397 e. The summed E-state index contributed by atoms with van der Waals surface area (Å²) < 4.78 is 51.0. The standard InChI is InChI=1S/C10H9ClF4N2/c11-5-3-8(7(16)4-6(5)12)17-9(1-2-9)10(13,14)15/h3-4,17H,1-2,16H2. The lowest BCUT2D eigenvalue weighted by molar-refractivity contribution is -0.151. The second kappa shape index (κ2) is 3.66. The highest BCUT2D eigenvalue weighted by molar-refractivity contribution is 6.31. The van der Waals surface area contributed by atoms with E-state index in [2.05, 4.69) is 5.32 Å². The van der Waals surface area contributed by atoms with Crippen LogP contribution in [0.5, 0.6) is 0 Å². The number of hydrogen-bond acceptors (Lipinski definition) is 2. The lowest BCUT2D eigenvalue weighted by Crippen LogP contribution is -2.38. The molecule has 1 aliphatic rings. The highest BCUT2D eigenvalue weighted by Gasteiger charge is 2.63. The fourth-order valence-electron chi connectivity index (χ4n) is 1.53. The van der Waals surface area contributed by atoms with Crippen LogP contribution in [0.1, 0.15) is 12.8 Å². The molecule has 1 aromatic carbocycles. The Hall–Kier alpha value is -1.17. The number of rotatable bonds is 2. The number of benzene rings is 1. The van der Waals surface area contributed by atoms with Crippen LogP contribution in [0.2, 0.25) is 5.02 Å². The SMILES string of the molecule is Nc1cc(F)c(Cl)cc1NC1(C(F)(F)F)CC1. The van der Waals surface area contributed by atoms with Gasteiger partial charge in [0.05, 0.1) is 16.4 Å². The highest BCUT2D eigenvalue weighted by atomic mass is 35.5. The van der Waals surface area contributed by atoms with Gasteiger partial charge in [0.1, 0.15) is 11.4 Å². The van der Waals surface area contributed by atoms with Gasteiger partial charge in [0.25, 0.3) is 0 Å². The van der Waals surface area contributed by atoms with E-state index in [-0.39, 0.29) is 29.2 Å². The van der Waals surface area contributed by atoms with E-state index in [0.717, 1.165) is 12.1 Å². The lowest BCUT2D eigenvalue weighted by atomic mass is 10.2. The molecule has 0 atom stereocenters. The Balaban J connectivity index is 2.29. The monoisotopic (exact) mass is 268 g/mol. The summed E-state index contributed by atoms with van der Waals surface area (Å²) in [7, 11) is 0. The Labute approximate surface area is 99.7 Å². The van der Waals surface area contributed by atoms with Crippen molar-refractivity contribution >= 4 is 23.0 Å². The van der Waals surface area contributed by atoms with E-state index < -0.39 is 17.5 Å². The molecule has 0 heterocycles. The van der Waals surface area contributed by atoms with Crippen molar-refractivity contribution < 1.29 is 17.6 Å². The molecule has 0 spiro atoms. The molecule has 7 heteroatoms. The van der Waals surface area contributed by atoms with E-state index in [1.165, 1.54) is 0 Å². The molecule has 0 aliphatic heterocycles. The third-order valence-corrected chi connectivity index (χ3v) is 3.05. The molecular formula is C10H9ClF4N2. The van der Waals surface area contributed by atoms with Gasteiger partial charge in [-0.2, -0.15) is 13.2 Å². The number of alkyl halides is 3. The van der Waals surface area contributed by atoms with Crippen LogP contribution in [0.4, 0.5) is 28.9 Å². The van der Waals surface area contributed by atoms with Gasteiger partial charge in [-0.05, 0) is 18.9 Å². The van der Waals surface area contributed by atoms with Gasteiger partial charge in [-0.15, -0.1) is 0 Å². The summed E-state index contributed by atoms with van der Waals surface area (Å²) in [5.41, 5.74) is 3.41. The van der Waals surface area contributed by atoms with Gasteiger partial charge in [0, 0.05) is 6.07 Å². The van der Waals surface area contributed by atoms with E-state index >= 15 is 0 Å². The first kappa shape index (κ1) is 12.3. The number of anilines is 2. The first-order valence-electron chi connectivity index (χ1n) is 4.85. The van der Waals surface area contributed by atoms with E-state index in [9.17, 15) is 17.6 Å². The second-order valence-electron chi connectivity index (χ2n) is 4.06. The van der Waals surface area contributed by atoms with Crippen molar-refractivity contribution in [1.29, 1.82) is 0 Å². The molecule has 1 aliphatic carbocycles. The van der Waals surface area contributed by atoms with Crippen LogP contribution in [0.25, 0.3) is 0 Å².